The zero-order valence-electron chi connectivity index (χ0n) is 20.2. The van der Waals surface area contributed by atoms with E-state index in [1.165, 1.54) is 24.1 Å². The summed E-state index contributed by atoms with van der Waals surface area (Å²) in [7, 11) is -2.54. The minimum atomic E-state index is -4.06. The number of benzene rings is 3. The first-order valence-electron chi connectivity index (χ1n) is 11.7. The largest absolute Gasteiger partial charge is 0.497 e. The number of carbonyl (C=O) groups is 2. The van der Waals surface area contributed by atoms with Crippen molar-refractivity contribution in [3.63, 3.8) is 0 Å². The third-order valence-corrected chi connectivity index (χ3v) is 7.92. The summed E-state index contributed by atoms with van der Waals surface area (Å²) in [5, 5.41) is 18.9. The van der Waals surface area contributed by atoms with Gasteiger partial charge in [-0.05, 0) is 53.4 Å². The molecule has 194 valence electrons. The number of likely N-dealkylation sites (tertiary alicyclic amines) is 1. The molecule has 1 saturated heterocycles. The summed E-state index contributed by atoms with van der Waals surface area (Å²) < 4.78 is 34.0. The van der Waals surface area contributed by atoms with E-state index in [4.69, 9.17) is 15.9 Å². The Labute approximate surface area is 214 Å². The Balaban J connectivity index is 1.53. The first-order valence-corrected chi connectivity index (χ1v) is 13.1. The molecule has 0 spiro atoms. The molecular formula is C26H28N4O6S. The number of hydrogen-bond donors (Lipinski definition) is 4. The smallest absolute Gasteiger partial charge is 0.326 e. The van der Waals surface area contributed by atoms with E-state index in [1.807, 2.05) is 6.07 Å². The van der Waals surface area contributed by atoms with Crippen LogP contribution in [0.15, 0.2) is 65.6 Å². The Bertz CT molecular complexity index is 1460. The topological polar surface area (TPSA) is 163 Å². The van der Waals surface area contributed by atoms with E-state index in [1.54, 1.807) is 42.5 Å². The summed E-state index contributed by atoms with van der Waals surface area (Å²) in [5.41, 5.74) is 6.63. The summed E-state index contributed by atoms with van der Waals surface area (Å²) in [6.07, 6.45) is 0.738. The number of fused-ring (bicyclic) bond motifs is 1. The van der Waals surface area contributed by atoms with Gasteiger partial charge in [0.05, 0.1) is 12.0 Å². The maximum atomic E-state index is 13.3. The molecule has 0 aliphatic carbocycles. The number of aliphatic carboxylic acids is 1. The number of methoxy groups -OCH3 is 1. The second-order valence-electron chi connectivity index (χ2n) is 8.89. The van der Waals surface area contributed by atoms with Gasteiger partial charge in [-0.1, -0.05) is 36.4 Å². The molecule has 3 aromatic carbocycles. The van der Waals surface area contributed by atoms with Gasteiger partial charge in [-0.15, -0.1) is 0 Å². The molecule has 1 aliphatic heterocycles. The number of ether oxygens (including phenoxy) is 1. The van der Waals surface area contributed by atoms with Crippen LogP contribution >= 0.6 is 0 Å². The summed E-state index contributed by atoms with van der Waals surface area (Å²) in [5.74, 6) is -1.28. The van der Waals surface area contributed by atoms with E-state index in [-0.39, 0.29) is 30.1 Å². The lowest BCUT2D eigenvalue weighted by molar-refractivity contribution is -0.152. The number of nitrogens with zero attached hydrogens (tertiary/aromatic N) is 1. The molecule has 1 fully saturated rings. The van der Waals surface area contributed by atoms with Crippen LogP contribution in [0.5, 0.6) is 5.75 Å². The monoisotopic (exact) mass is 524 g/mol. The molecule has 4 rings (SSSR count). The predicted molar refractivity (Wildman–Crippen MR) is 138 cm³/mol. The fraction of sp³-hybridized carbons (Fsp3) is 0.269. The first-order chi connectivity index (χ1) is 17.6. The molecule has 0 radical (unpaired) electrons. The van der Waals surface area contributed by atoms with Crippen LogP contribution in [0.2, 0.25) is 0 Å². The summed E-state index contributed by atoms with van der Waals surface area (Å²) >= 11 is 0. The lowest BCUT2D eigenvalue weighted by Gasteiger charge is -2.36. The Hall–Kier alpha value is -3.96. The molecule has 2 atom stereocenters. The van der Waals surface area contributed by atoms with Crippen LogP contribution in [0.3, 0.4) is 0 Å². The first kappa shape index (κ1) is 26.1. The minimum Gasteiger partial charge on any atom is -0.497 e. The van der Waals surface area contributed by atoms with Crippen molar-refractivity contribution in [3.05, 3.63) is 71.8 Å². The van der Waals surface area contributed by atoms with Crippen molar-refractivity contribution >= 4 is 38.5 Å². The lowest BCUT2D eigenvalue weighted by atomic mass is 9.98. The molecule has 2 unspecified atom stereocenters. The molecule has 0 saturated carbocycles. The summed E-state index contributed by atoms with van der Waals surface area (Å²) in [4.78, 5) is 26.6. The number of carboxylic acid groups (broad SMARTS) is 1. The lowest BCUT2D eigenvalue weighted by Crippen LogP contribution is -2.57. The van der Waals surface area contributed by atoms with Crippen LogP contribution in [0.25, 0.3) is 10.8 Å². The number of carbonyl (C=O) groups excluding carboxylic acids is 1. The van der Waals surface area contributed by atoms with Gasteiger partial charge in [-0.25, -0.2) is 13.2 Å². The van der Waals surface area contributed by atoms with Crippen LogP contribution in [0, 0.1) is 5.41 Å². The minimum absolute atomic E-state index is 0.00137. The molecule has 37 heavy (non-hydrogen) atoms. The maximum Gasteiger partial charge on any atom is 0.326 e. The van der Waals surface area contributed by atoms with Crippen LogP contribution in [0.4, 0.5) is 0 Å². The average Bonchev–Trinajstić information content (AvgIpc) is 2.88. The molecule has 0 aromatic heterocycles. The molecule has 0 bridgehead atoms. The van der Waals surface area contributed by atoms with E-state index in [0.717, 1.165) is 5.39 Å². The fourth-order valence-corrected chi connectivity index (χ4v) is 5.70. The zero-order valence-corrected chi connectivity index (χ0v) is 21.0. The SMILES string of the molecule is COc1ccc2ccc(S(=O)(=O)NC3CCCN(C(Cc4ccc(C(=N)N)cc4)C(=O)O)C3=O)cc2c1. The van der Waals surface area contributed by atoms with Crippen molar-refractivity contribution < 1.29 is 27.9 Å². The zero-order chi connectivity index (χ0) is 26.7. The van der Waals surface area contributed by atoms with Crippen molar-refractivity contribution in [2.75, 3.05) is 13.7 Å². The number of carboxylic acids is 1. The summed E-state index contributed by atoms with van der Waals surface area (Å²) in [6.45, 7) is 0.204. The Morgan fingerprint density at radius 3 is 2.51 bits per heavy atom. The van der Waals surface area contributed by atoms with Gasteiger partial charge in [-0.3, -0.25) is 10.2 Å². The van der Waals surface area contributed by atoms with Crippen LogP contribution in [0.1, 0.15) is 24.0 Å². The number of amidine groups is 1. The van der Waals surface area contributed by atoms with Crippen molar-refractivity contribution in [2.45, 2.75) is 36.2 Å². The normalized spacial score (nSPS) is 16.9. The molecule has 10 nitrogen and oxygen atoms in total. The highest BCUT2D eigenvalue weighted by atomic mass is 32.2. The average molecular weight is 525 g/mol. The third kappa shape index (κ3) is 5.73. The number of sulfonamides is 1. The second-order valence-corrected chi connectivity index (χ2v) is 10.6. The van der Waals surface area contributed by atoms with Crippen molar-refractivity contribution in [1.29, 1.82) is 5.41 Å². The number of piperidine rings is 1. The number of nitrogen functional groups attached to an aromatic ring is 1. The standard InChI is InChI=1S/C26H28N4O6S/c1-36-20-10-8-17-9-11-21(15-19(17)14-20)37(34,35)29-22-3-2-12-30(25(22)31)23(26(32)33)13-16-4-6-18(7-5-16)24(27)28/h4-11,14-15,22-23,29H,2-3,12-13H2,1H3,(H3,27,28)(H,32,33). The Morgan fingerprint density at radius 1 is 1.16 bits per heavy atom. The van der Waals surface area contributed by atoms with Gasteiger partial charge in [0.2, 0.25) is 15.9 Å². The fourth-order valence-electron chi connectivity index (χ4n) is 4.45. The van der Waals surface area contributed by atoms with E-state index >= 15 is 0 Å². The van der Waals surface area contributed by atoms with Gasteiger partial charge in [0, 0.05) is 18.5 Å². The van der Waals surface area contributed by atoms with Crippen LogP contribution < -0.4 is 15.2 Å². The number of rotatable bonds is 9. The highest BCUT2D eigenvalue weighted by Crippen LogP contribution is 2.25. The molecule has 5 N–H and O–H groups in total. The third-order valence-electron chi connectivity index (χ3n) is 6.45. The Morgan fingerprint density at radius 2 is 1.86 bits per heavy atom. The number of nitrogens with one attached hydrogen (secondary N) is 2. The second kappa shape index (κ2) is 10.6. The highest BCUT2D eigenvalue weighted by Gasteiger charge is 2.38. The van der Waals surface area contributed by atoms with Gasteiger partial charge in [0.15, 0.2) is 0 Å². The van der Waals surface area contributed by atoms with E-state index in [2.05, 4.69) is 4.72 Å². The van der Waals surface area contributed by atoms with Crippen LogP contribution in [-0.4, -0.2) is 61.9 Å². The number of nitrogens with two attached hydrogens (primary N) is 1. The van der Waals surface area contributed by atoms with E-state index in [0.29, 0.717) is 28.7 Å². The molecule has 1 aliphatic rings. The Kier molecular flexibility index (Phi) is 7.46. The number of hydrogen-bond acceptors (Lipinski definition) is 6. The summed E-state index contributed by atoms with van der Waals surface area (Å²) in [6, 6.07) is 14.3. The maximum absolute atomic E-state index is 13.3. The van der Waals surface area contributed by atoms with Crippen molar-refractivity contribution in [1.82, 2.24) is 9.62 Å². The van der Waals surface area contributed by atoms with E-state index in [9.17, 15) is 23.1 Å². The molecular weight excluding hydrogens is 496 g/mol. The van der Waals surface area contributed by atoms with Crippen molar-refractivity contribution in [2.24, 2.45) is 5.73 Å². The number of amides is 1. The van der Waals surface area contributed by atoms with Gasteiger partial charge < -0.3 is 20.5 Å². The van der Waals surface area contributed by atoms with Gasteiger partial charge in [0.1, 0.15) is 23.7 Å². The molecule has 1 heterocycles. The molecule has 1 amide bonds. The quantitative estimate of drug-likeness (QED) is 0.246. The van der Waals surface area contributed by atoms with Crippen LogP contribution in [-0.2, 0) is 26.0 Å². The molecule has 11 heteroatoms. The van der Waals surface area contributed by atoms with E-state index < -0.39 is 34.0 Å². The molecule has 3 aromatic rings. The highest BCUT2D eigenvalue weighted by molar-refractivity contribution is 7.89. The van der Waals surface area contributed by atoms with Gasteiger partial charge in [-0.2, -0.15) is 4.72 Å². The predicted octanol–water partition coefficient (Wildman–Crippen LogP) is 2.10. The van der Waals surface area contributed by atoms with Gasteiger partial charge in [0.25, 0.3) is 0 Å². The van der Waals surface area contributed by atoms with Crippen molar-refractivity contribution in [3.8, 4) is 5.75 Å². The van der Waals surface area contributed by atoms with Gasteiger partial charge >= 0.3 is 5.97 Å².